The number of hydrogen-bond acceptors (Lipinski definition) is 5. The van der Waals surface area contributed by atoms with Crippen LogP contribution in [0.15, 0.2) is 16.0 Å². The number of nitrogens with zero attached hydrogens (tertiary/aromatic N) is 2. The first-order valence-electron chi connectivity index (χ1n) is 3.19. The molecule has 1 heterocycles. The van der Waals surface area contributed by atoms with Crippen molar-refractivity contribution >= 4 is 39.8 Å². The molecular weight excluding hydrogens is 214 g/mol. The van der Waals surface area contributed by atoms with Crippen molar-refractivity contribution in [1.29, 1.82) is 0 Å². The summed E-state index contributed by atoms with van der Waals surface area (Å²) < 4.78 is 0.904. The molecule has 0 atom stereocenters. The van der Waals surface area contributed by atoms with Gasteiger partial charge in [-0.15, -0.1) is 10.2 Å². The third-order valence-corrected chi connectivity index (χ3v) is 3.43. The average Bonchev–Trinajstić information content (AvgIpc) is 2.48. The highest BCUT2D eigenvalue weighted by atomic mass is 35.5. The van der Waals surface area contributed by atoms with Crippen LogP contribution < -0.4 is 5.32 Å². The summed E-state index contributed by atoms with van der Waals surface area (Å²) in [6, 6.07) is 0. The summed E-state index contributed by atoms with van der Waals surface area (Å²) in [6.07, 6.45) is 0. The molecule has 1 aromatic heterocycles. The molecule has 0 aromatic carbocycles. The first kappa shape index (κ1) is 9.83. The molecule has 0 aliphatic heterocycles. The fraction of sp³-hybridized carbons (Fsp3) is 0.333. The molecule has 0 spiro atoms. The quantitative estimate of drug-likeness (QED) is 0.793. The Bertz CT molecular complexity index is 274. The number of aromatic nitrogens is 2. The molecule has 0 saturated carbocycles. The van der Waals surface area contributed by atoms with Crippen molar-refractivity contribution in [2.45, 2.75) is 4.34 Å². The Morgan fingerprint density at radius 1 is 1.75 bits per heavy atom. The summed E-state index contributed by atoms with van der Waals surface area (Å²) in [5.41, 5.74) is 0. The summed E-state index contributed by atoms with van der Waals surface area (Å²) in [5, 5.41) is 12.2. The van der Waals surface area contributed by atoms with Crippen molar-refractivity contribution in [3.05, 3.63) is 11.6 Å². The van der Waals surface area contributed by atoms with Crippen LogP contribution in [0.5, 0.6) is 0 Å². The summed E-state index contributed by atoms with van der Waals surface area (Å²) in [4.78, 5) is 0. The van der Waals surface area contributed by atoms with Gasteiger partial charge in [0.05, 0.1) is 0 Å². The number of anilines is 1. The molecule has 12 heavy (non-hydrogen) atoms. The van der Waals surface area contributed by atoms with E-state index in [4.69, 9.17) is 11.6 Å². The van der Waals surface area contributed by atoms with Crippen molar-refractivity contribution in [2.75, 3.05) is 18.1 Å². The normalized spacial score (nSPS) is 9.83. The second kappa shape index (κ2) is 4.69. The molecule has 0 saturated heterocycles. The van der Waals surface area contributed by atoms with E-state index in [2.05, 4.69) is 22.1 Å². The lowest BCUT2D eigenvalue weighted by atomic mass is 10.7. The van der Waals surface area contributed by atoms with Gasteiger partial charge in [-0.3, -0.25) is 0 Å². The summed E-state index contributed by atoms with van der Waals surface area (Å²) in [5.74, 6) is 0.680. The zero-order chi connectivity index (χ0) is 8.97. The predicted molar refractivity (Wildman–Crippen MR) is 55.2 cm³/mol. The van der Waals surface area contributed by atoms with Crippen molar-refractivity contribution in [2.24, 2.45) is 0 Å². The average molecular weight is 222 g/mol. The van der Waals surface area contributed by atoms with Crippen LogP contribution in [-0.2, 0) is 0 Å². The summed E-state index contributed by atoms with van der Waals surface area (Å²) in [6.45, 7) is 3.58. The molecule has 66 valence electrons. The Labute approximate surface area is 84.2 Å². The first-order chi connectivity index (χ1) is 5.72. The van der Waals surface area contributed by atoms with E-state index in [1.54, 1.807) is 0 Å². The van der Waals surface area contributed by atoms with Crippen LogP contribution >= 0.6 is 34.7 Å². The molecule has 0 aliphatic rings. The second-order valence-electron chi connectivity index (χ2n) is 1.93. The highest BCUT2D eigenvalue weighted by Crippen LogP contribution is 2.26. The molecule has 0 fully saturated rings. The molecule has 3 nitrogen and oxygen atoms in total. The van der Waals surface area contributed by atoms with Crippen LogP contribution in [0.1, 0.15) is 0 Å². The topological polar surface area (TPSA) is 37.8 Å². The molecule has 0 unspecified atom stereocenters. The van der Waals surface area contributed by atoms with Gasteiger partial charge in [-0.05, 0) is 0 Å². The van der Waals surface area contributed by atoms with Crippen molar-refractivity contribution in [3.8, 4) is 0 Å². The van der Waals surface area contributed by atoms with Gasteiger partial charge in [0.2, 0.25) is 5.13 Å². The number of nitrogens with one attached hydrogen (secondary N) is 1. The monoisotopic (exact) mass is 221 g/mol. The van der Waals surface area contributed by atoms with Crippen LogP contribution in [0.25, 0.3) is 0 Å². The van der Waals surface area contributed by atoms with Gasteiger partial charge in [0.25, 0.3) is 0 Å². The third-order valence-electron chi connectivity index (χ3n) is 0.973. The van der Waals surface area contributed by atoms with Crippen molar-refractivity contribution < 1.29 is 0 Å². The molecule has 1 N–H and O–H groups in total. The zero-order valence-corrected chi connectivity index (χ0v) is 8.89. The van der Waals surface area contributed by atoms with Gasteiger partial charge >= 0.3 is 0 Å². The second-order valence-corrected chi connectivity index (χ2v) is 4.66. The molecule has 0 aliphatic carbocycles. The van der Waals surface area contributed by atoms with Crippen LogP contribution in [0, 0.1) is 0 Å². The fourth-order valence-electron chi connectivity index (χ4n) is 0.509. The van der Waals surface area contributed by atoms with Gasteiger partial charge in [0, 0.05) is 17.8 Å². The van der Waals surface area contributed by atoms with Crippen molar-refractivity contribution in [1.82, 2.24) is 10.2 Å². The maximum Gasteiger partial charge on any atom is 0.206 e. The Hall–Kier alpha value is -0.260. The van der Waals surface area contributed by atoms with E-state index in [9.17, 15) is 0 Å². The van der Waals surface area contributed by atoms with Crippen LogP contribution in [-0.4, -0.2) is 23.0 Å². The Kier molecular flexibility index (Phi) is 3.84. The van der Waals surface area contributed by atoms with E-state index in [0.29, 0.717) is 10.8 Å². The standard InChI is InChI=1S/C6H8ClN3S2/c1-4(7)3-11-6-10-9-5(8-2)12-6/h1,3H2,2H3,(H,8,9). The molecule has 6 heteroatoms. The SMILES string of the molecule is C=C(Cl)CSc1nnc(NC)s1. The minimum absolute atomic E-state index is 0.626. The minimum atomic E-state index is 0.626. The van der Waals surface area contributed by atoms with E-state index in [1.807, 2.05) is 7.05 Å². The molecule has 0 radical (unpaired) electrons. The smallest absolute Gasteiger partial charge is 0.206 e. The Morgan fingerprint density at radius 2 is 2.50 bits per heavy atom. The molecular formula is C6H8ClN3S2. The lowest BCUT2D eigenvalue weighted by Gasteiger charge is -1.91. The lowest BCUT2D eigenvalue weighted by molar-refractivity contribution is 1.01. The highest BCUT2D eigenvalue weighted by molar-refractivity contribution is 8.01. The number of rotatable bonds is 4. The van der Waals surface area contributed by atoms with Gasteiger partial charge in [-0.1, -0.05) is 41.3 Å². The number of hydrogen-bond donors (Lipinski definition) is 1. The van der Waals surface area contributed by atoms with Gasteiger partial charge in [-0.25, -0.2) is 0 Å². The number of halogens is 1. The highest BCUT2D eigenvalue weighted by Gasteiger charge is 2.02. The maximum absolute atomic E-state index is 5.59. The van der Waals surface area contributed by atoms with Crippen LogP contribution in [0.4, 0.5) is 5.13 Å². The van der Waals surface area contributed by atoms with Gasteiger partial charge in [0.15, 0.2) is 4.34 Å². The Morgan fingerprint density at radius 3 is 3.00 bits per heavy atom. The molecule has 1 rings (SSSR count). The first-order valence-corrected chi connectivity index (χ1v) is 5.37. The van der Waals surface area contributed by atoms with E-state index in [-0.39, 0.29) is 0 Å². The van der Waals surface area contributed by atoms with E-state index in [1.165, 1.54) is 23.1 Å². The molecule has 0 amide bonds. The largest absolute Gasteiger partial charge is 0.363 e. The number of thioether (sulfide) groups is 1. The summed E-state index contributed by atoms with van der Waals surface area (Å²) in [7, 11) is 1.81. The Balaban J connectivity index is 2.47. The zero-order valence-electron chi connectivity index (χ0n) is 6.50. The molecule has 1 aromatic rings. The summed E-state index contributed by atoms with van der Waals surface area (Å²) >= 11 is 8.64. The van der Waals surface area contributed by atoms with Crippen LogP contribution in [0.2, 0.25) is 0 Å². The van der Waals surface area contributed by atoms with E-state index >= 15 is 0 Å². The fourth-order valence-corrected chi connectivity index (χ4v) is 2.13. The van der Waals surface area contributed by atoms with Crippen molar-refractivity contribution in [3.63, 3.8) is 0 Å². The van der Waals surface area contributed by atoms with Crippen LogP contribution in [0.3, 0.4) is 0 Å². The van der Waals surface area contributed by atoms with E-state index < -0.39 is 0 Å². The minimum Gasteiger partial charge on any atom is -0.363 e. The third kappa shape index (κ3) is 3.00. The van der Waals surface area contributed by atoms with Gasteiger partial charge < -0.3 is 5.32 Å². The van der Waals surface area contributed by atoms with E-state index in [0.717, 1.165) is 9.47 Å². The predicted octanol–water partition coefficient (Wildman–Crippen LogP) is 2.42. The van der Waals surface area contributed by atoms with Gasteiger partial charge in [-0.2, -0.15) is 0 Å². The maximum atomic E-state index is 5.59. The van der Waals surface area contributed by atoms with Gasteiger partial charge in [0.1, 0.15) is 0 Å². The molecule has 0 bridgehead atoms. The lowest BCUT2D eigenvalue weighted by Crippen LogP contribution is -1.84.